The number of likely N-dealkylation sites (N-methyl/N-ethyl adjacent to an activating group) is 1. The zero-order valence-corrected chi connectivity index (χ0v) is 8.85. The van der Waals surface area contributed by atoms with Crippen LogP contribution in [0.5, 0.6) is 0 Å². The molecule has 0 radical (unpaired) electrons. The van der Waals surface area contributed by atoms with Gasteiger partial charge in [0, 0.05) is 12.1 Å². The maximum atomic E-state index is 11.4. The van der Waals surface area contributed by atoms with Gasteiger partial charge in [0.05, 0.1) is 17.9 Å². The maximum Gasteiger partial charge on any atom is 0.246 e. The lowest BCUT2D eigenvalue weighted by atomic mass is 10.1. The number of amides is 1. The molecule has 1 amide bonds. The van der Waals surface area contributed by atoms with E-state index in [-0.39, 0.29) is 5.91 Å². The van der Waals surface area contributed by atoms with Crippen molar-refractivity contribution in [3.8, 4) is 0 Å². The third-order valence-electron chi connectivity index (χ3n) is 2.43. The lowest BCUT2D eigenvalue weighted by Crippen LogP contribution is -2.37. The van der Waals surface area contributed by atoms with Gasteiger partial charge < -0.3 is 10.2 Å². The predicted octanol–water partition coefficient (Wildman–Crippen LogP) is 2.04. The zero-order valence-electron chi connectivity index (χ0n) is 8.10. The van der Waals surface area contributed by atoms with Crippen LogP contribution in [0.2, 0.25) is 5.02 Å². The predicted molar refractivity (Wildman–Crippen MR) is 58.1 cm³/mol. The number of benzene rings is 1. The Morgan fingerprint density at radius 2 is 2.21 bits per heavy atom. The lowest BCUT2D eigenvalue weighted by molar-refractivity contribution is -0.116. The SMILES string of the molecule is Cc1cc(Cl)cc2c1NCC(=O)N2C. The van der Waals surface area contributed by atoms with Gasteiger partial charge in [-0.15, -0.1) is 0 Å². The molecule has 1 aromatic rings. The molecule has 1 N–H and O–H groups in total. The Labute approximate surface area is 87.7 Å². The van der Waals surface area contributed by atoms with E-state index in [1.54, 1.807) is 18.0 Å². The Balaban J connectivity index is 2.59. The van der Waals surface area contributed by atoms with Gasteiger partial charge >= 0.3 is 0 Å². The summed E-state index contributed by atoms with van der Waals surface area (Å²) in [6.07, 6.45) is 0. The van der Waals surface area contributed by atoms with E-state index in [1.807, 2.05) is 13.0 Å². The number of fused-ring (bicyclic) bond motifs is 1. The monoisotopic (exact) mass is 210 g/mol. The molecule has 0 fully saturated rings. The van der Waals surface area contributed by atoms with Gasteiger partial charge in [0.1, 0.15) is 0 Å². The van der Waals surface area contributed by atoms with Gasteiger partial charge in [-0.05, 0) is 24.6 Å². The maximum absolute atomic E-state index is 11.4. The van der Waals surface area contributed by atoms with E-state index in [2.05, 4.69) is 5.32 Å². The minimum absolute atomic E-state index is 0.0548. The Morgan fingerprint density at radius 1 is 1.50 bits per heavy atom. The topological polar surface area (TPSA) is 32.3 Å². The van der Waals surface area contributed by atoms with Gasteiger partial charge in [-0.3, -0.25) is 4.79 Å². The largest absolute Gasteiger partial charge is 0.374 e. The molecule has 2 rings (SSSR count). The second-order valence-corrected chi connectivity index (χ2v) is 3.86. The zero-order chi connectivity index (χ0) is 10.3. The van der Waals surface area contributed by atoms with Crippen LogP contribution in [0.15, 0.2) is 12.1 Å². The highest BCUT2D eigenvalue weighted by Crippen LogP contribution is 2.34. The molecule has 1 aromatic carbocycles. The number of rotatable bonds is 0. The lowest BCUT2D eigenvalue weighted by Gasteiger charge is -2.28. The van der Waals surface area contributed by atoms with Crippen LogP contribution in [-0.2, 0) is 4.79 Å². The Morgan fingerprint density at radius 3 is 2.93 bits per heavy atom. The fourth-order valence-corrected chi connectivity index (χ4v) is 1.90. The minimum Gasteiger partial charge on any atom is -0.374 e. The molecule has 0 aliphatic carbocycles. The Hall–Kier alpha value is -1.22. The summed E-state index contributed by atoms with van der Waals surface area (Å²) < 4.78 is 0. The number of halogens is 1. The molecular formula is C10H11ClN2O. The Kier molecular flexibility index (Phi) is 2.11. The number of nitrogens with zero attached hydrogens (tertiary/aromatic N) is 1. The summed E-state index contributed by atoms with van der Waals surface area (Å²) in [5.41, 5.74) is 2.91. The third kappa shape index (κ3) is 1.34. The van der Waals surface area contributed by atoms with E-state index >= 15 is 0 Å². The van der Waals surface area contributed by atoms with Crippen molar-refractivity contribution >= 4 is 28.9 Å². The standard InChI is InChI=1S/C10H11ClN2O/c1-6-3-7(11)4-8-10(6)12-5-9(14)13(8)2/h3-4,12H,5H2,1-2H3. The molecule has 1 aliphatic heterocycles. The fourth-order valence-electron chi connectivity index (χ4n) is 1.64. The molecule has 0 atom stereocenters. The van der Waals surface area contributed by atoms with Gasteiger partial charge in [-0.2, -0.15) is 0 Å². The van der Waals surface area contributed by atoms with Crippen molar-refractivity contribution in [1.82, 2.24) is 0 Å². The highest BCUT2D eigenvalue weighted by atomic mass is 35.5. The number of hydrogen-bond acceptors (Lipinski definition) is 2. The molecule has 0 unspecified atom stereocenters. The molecule has 1 aliphatic rings. The van der Waals surface area contributed by atoms with Crippen LogP contribution < -0.4 is 10.2 Å². The fraction of sp³-hybridized carbons (Fsp3) is 0.300. The Bertz CT molecular complexity index is 403. The number of carbonyl (C=O) groups is 1. The van der Waals surface area contributed by atoms with Crippen LogP contribution in [0.25, 0.3) is 0 Å². The molecular weight excluding hydrogens is 200 g/mol. The van der Waals surface area contributed by atoms with Crippen molar-refractivity contribution in [3.63, 3.8) is 0 Å². The molecule has 14 heavy (non-hydrogen) atoms. The highest BCUT2D eigenvalue weighted by Gasteiger charge is 2.21. The number of nitrogens with one attached hydrogen (secondary N) is 1. The van der Waals surface area contributed by atoms with Crippen molar-refractivity contribution in [2.75, 3.05) is 23.8 Å². The van der Waals surface area contributed by atoms with Gasteiger partial charge in [0.2, 0.25) is 5.91 Å². The highest BCUT2D eigenvalue weighted by molar-refractivity contribution is 6.31. The van der Waals surface area contributed by atoms with Crippen molar-refractivity contribution in [1.29, 1.82) is 0 Å². The quantitative estimate of drug-likeness (QED) is 0.711. The molecule has 3 nitrogen and oxygen atoms in total. The van der Waals surface area contributed by atoms with Crippen LogP contribution in [0, 0.1) is 6.92 Å². The summed E-state index contributed by atoms with van der Waals surface area (Å²) in [5.74, 6) is 0.0548. The molecule has 0 spiro atoms. The van der Waals surface area contributed by atoms with Crippen molar-refractivity contribution in [2.24, 2.45) is 0 Å². The molecule has 0 saturated heterocycles. The van der Waals surface area contributed by atoms with Crippen LogP contribution >= 0.6 is 11.6 Å². The summed E-state index contributed by atoms with van der Waals surface area (Å²) in [4.78, 5) is 13.0. The van der Waals surface area contributed by atoms with Gasteiger partial charge in [0.25, 0.3) is 0 Å². The van der Waals surface area contributed by atoms with E-state index in [9.17, 15) is 4.79 Å². The van der Waals surface area contributed by atoms with Crippen molar-refractivity contribution in [3.05, 3.63) is 22.7 Å². The average molecular weight is 211 g/mol. The molecule has 74 valence electrons. The van der Waals surface area contributed by atoms with E-state index in [0.29, 0.717) is 11.6 Å². The third-order valence-corrected chi connectivity index (χ3v) is 2.65. The number of anilines is 2. The van der Waals surface area contributed by atoms with Crippen LogP contribution in [0.3, 0.4) is 0 Å². The number of carbonyl (C=O) groups excluding carboxylic acids is 1. The van der Waals surface area contributed by atoms with Crippen LogP contribution in [0.1, 0.15) is 5.56 Å². The van der Waals surface area contributed by atoms with Gasteiger partial charge in [-0.1, -0.05) is 11.6 Å². The second kappa shape index (κ2) is 3.17. The molecule has 0 bridgehead atoms. The molecule has 0 saturated carbocycles. The summed E-state index contributed by atoms with van der Waals surface area (Å²) in [5, 5.41) is 3.75. The summed E-state index contributed by atoms with van der Waals surface area (Å²) in [7, 11) is 1.76. The van der Waals surface area contributed by atoms with E-state index in [4.69, 9.17) is 11.6 Å². The van der Waals surface area contributed by atoms with E-state index in [0.717, 1.165) is 16.9 Å². The first kappa shape index (κ1) is 9.34. The number of aryl methyl sites for hydroxylation is 1. The summed E-state index contributed by atoms with van der Waals surface area (Å²) in [6.45, 7) is 2.33. The first-order valence-electron chi connectivity index (χ1n) is 4.40. The van der Waals surface area contributed by atoms with Crippen molar-refractivity contribution < 1.29 is 4.79 Å². The second-order valence-electron chi connectivity index (χ2n) is 3.42. The van der Waals surface area contributed by atoms with Crippen molar-refractivity contribution in [2.45, 2.75) is 6.92 Å². The molecule has 4 heteroatoms. The van der Waals surface area contributed by atoms with Gasteiger partial charge in [0.15, 0.2) is 0 Å². The van der Waals surface area contributed by atoms with E-state index in [1.165, 1.54) is 0 Å². The van der Waals surface area contributed by atoms with Crippen LogP contribution in [0.4, 0.5) is 11.4 Å². The van der Waals surface area contributed by atoms with Gasteiger partial charge in [-0.25, -0.2) is 0 Å². The first-order chi connectivity index (χ1) is 6.59. The number of hydrogen-bond donors (Lipinski definition) is 1. The van der Waals surface area contributed by atoms with Crippen LogP contribution in [-0.4, -0.2) is 19.5 Å². The average Bonchev–Trinajstić information content (AvgIpc) is 2.12. The first-order valence-corrected chi connectivity index (χ1v) is 4.78. The minimum atomic E-state index is 0.0548. The summed E-state index contributed by atoms with van der Waals surface area (Å²) in [6, 6.07) is 3.69. The summed E-state index contributed by atoms with van der Waals surface area (Å²) >= 11 is 5.93. The molecule has 1 heterocycles. The van der Waals surface area contributed by atoms with E-state index < -0.39 is 0 Å². The smallest absolute Gasteiger partial charge is 0.246 e. The normalized spacial score (nSPS) is 15.1. The molecule has 0 aromatic heterocycles.